The second-order valence-corrected chi connectivity index (χ2v) is 3.67. The molecule has 0 spiro atoms. The quantitative estimate of drug-likeness (QED) is 0.777. The maximum Gasteiger partial charge on any atom is 0.222 e. The average molecular weight is 234 g/mol. The summed E-state index contributed by atoms with van der Waals surface area (Å²) in [6.07, 6.45) is 6.79. The predicted molar refractivity (Wildman–Crippen MR) is 59.8 cm³/mol. The maximum absolute atomic E-state index is 11.6. The summed E-state index contributed by atoms with van der Waals surface area (Å²) in [7, 11) is 0. The Labute approximate surface area is 98.3 Å². The van der Waals surface area contributed by atoms with Crippen LogP contribution < -0.4 is 5.32 Å². The SMILES string of the molecule is CC(NC(=O)CCn1cncn1)c1ncc[nH]1. The molecule has 2 N–H and O–H groups in total. The van der Waals surface area contributed by atoms with Crippen LogP contribution in [0.5, 0.6) is 0 Å². The first-order valence-electron chi connectivity index (χ1n) is 5.37. The zero-order chi connectivity index (χ0) is 12.1. The van der Waals surface area contributed by atoms with Crippen molar-refractivity contribution in [1.82, 2.24) is 30.0 Å². The molecule has 7 heteroatoms. The van der Waals surface area contributed by atoms with E-state index < -0.39 is 0 Å². The number of amides is 1. The van der Waals surface area contributed by atoms with Gasteiger partial charge < -0.3 is 10.3 Å². The molecule has 7 nitrogen and oxygen atoms in total. The van der Waals surface area contributed by atoms with Crippen LogP contribution in [0.2, 0.25) is 0 Å². The van der Waals surface area contributed by atoms with Gasteiger partial charge in [-0.25, -0.2) is 9.97 Å². The van der Waals surface area contributed by atoms with Crippen molar-refractivity contribution in [2.75, 3.05) is 0 Å². The molecule has 1 unspecified atom stereocenters. The summed E-state index contributed by atoms with van der Waals surface area (Å²) in [6.45, 7) is 2.41. The molecular formula is C10H14N6O. The minimum Gasteiger partial charge on any atom is -0.347 e. The number of carbonyl (C=O) groups excluding carboxylic acids is 1. The fourth-order valence-electron chi connectivity index (χ4n) is 1.46. The molecule has 1 amide bonds. The van der Waals surface area contributed by atoms with Crippen LogP contribution in [0.15, 0.2) is 25.0 Å². The lowest BCUT2D eigenvalue weighted by atomic mass is 10.3. The average Bonchev–Trinajstić information content (AvgIpc) is 2.99. The highest BCUT2D eigenvalue weighted by atomic mass is 16.1. The first-order valence-corrected chi connectivity index (χ1v) is 5.37. The smallest absolute Gasteiger partial charge is 0.222 e. The van der Waals surface area contributed by atoms with Gasteiger partial charge >= 0.3 is 0 Å². The van der Waals surface area contributed by atoms with Crippen LogP contribution in [0.3, 0.4) is 0 Å². The van der Waals surface area contributed by atoms with E-state index in [2.05, 4.69) is 25.4 Å². The van der Waals surface area contributed by atoms with Crippen LogP contribution in [0.4, 0.5) is 0 Å². The van der Waals surface area contributed by atoms with Gasteiger partial charge in [0.15, 0.2) is 0 Å². The first kappa shape index (κ1) is 11.3. The standard InChI is InChI=1S/C10H14N6O/c1-8(10-12-3-4-13-10)15-9(17)2-5-16-7-11-6-14-16/h3-4,6-8H,2,5H2,1H3,(H,12,13)(H,15,17). The second kappa shape index (κ2) is 5.24. The maximum atomic E-state index is 11.6. The van der Waals surface area contributed by atoms with Crippen molar-refractivity contribution in [3.05, 3.63) is 30.9 Å². The van der Waals surface area contributed by atoms with E-state index in [0.29, 0.717) is 13.0 Å². The lowest BCUT2D eigenvalue weighted by Gasteiger charge is -2.11. The molecule has 0 saturated heterocycles. The number of H-pyrrole nitrogens is 1. The van der Waals surface area contributed by atoms with Gasteiger partial charge in [0.2, 0.25) is 5.91 Å². The van der Waals surface area contributed by atoms with Gasteiger partial charge in [0.25, 0.3) is 0 Å². The topological polar surface area (TPSA) is 88.5 Å². The van der Waals surface area contributed by atoms with Gasteiger partial charge in [-0.3, -0.25) is 9.48 Å². The Morgan fingerprint density at radius 1 is 1.65 bits per heavy atom. The van der Waals surface area contributed by atoms with Crippen LogP contribution in [0, 0.1) is 0 Å². The minimum atomic E-state index is -0.117. The van der Waals surface area contributed by atoms with Gasteiger partial charge in [-0.15, -0.1) is 0 Å². The van der Waals surface area contributed by atoms with Crippen LogP contribution in [0.1, 0.15) is 25.2 Å². The predicted octanol–water partition coefficient (Wildman–Crippen LogP) is 0.269. The molecule has 2 aromatic rings. The third kappa shape index (κ3) is 3.13. The summed E-state index contributed by atoms with van der Waals surface area (Å²) in [5, 5.41) is 6.77. The lowest BCUT2D eigenvalue weighted by molar-refractivity contribution is -0.122. The molecule has 2 aromatic heterocycles. The minimum absolute atomic E-state index is 0.0376. The summed E-state index contributed by atoms with van der Waals surface area (Å²) in [5.74, 6) is 0.712. The molecule has 0 aliphatic heterocycles. The van der Waals surface area contributed by atoms with E-state index in [1.165, 1.54) is 6.33 Å². The third-order valence-electron chi connectivity index (χ3n) is 2.34. The monoisotopic (exact) mass is 234 g/mol. The number of imidazole rings is 1. The Kier molecular flexibility index (Phi) is 3.49. The van der Waals surface area contributed by atoms with E-state index in [-0.39, 0.29) is 11.9 Å². The van der Waals surface area contributed by atoms with Gasteiger partial charge in [-0.1, -0.05) is 0 Å². The number of aromatic nitrogens is 5. The molecule has 17 heavy (non-hydrogen) atoms. The first-order chi connectivity index (χ1) is 8.25. The molecule has 0 aliphatic carbocycles. The lowest BCUT2D eigenvalue weighted by Crippen LogP contribution is -2.28. The zero-order valence-electron chi connectivity index (χ0n) is 9.50. The van der Waals surface area contributed by atoms with E-state index in [9.17, 15) is 4.79 Å². The fourth-order valence-corrected chi connectivity index (χ4v) is 1.46. The van der Waals surface area contributed by atoms with Gasteiger partial charge in [0.1, 0.15) is 18.5 Å². The van der Waals surface area contributed by atoms with Gasteiger partial charge in [-0.05, 0) is 6.92 Å². The van der Waals surface area contributed by atoms with Crippen LogP contribution in [0.25, 0.3) is 0 Å². The van der Waals surface area contributed by atoms with Crippen LogP contribution in [-0.2, 0) is 11.3 Å². The third-order valence-corrected chi connectivity index (χ3v) is 2.34. The molecule has 90 valence electrons. The molecule has 0 radical (unpaired) electrons. The van der Waals surface area contributed by atoms with Crippen molar-refractivity contribution in [2.45, 2.75) is 25.9 Å². The van der Waals surface area contributed by atoms with E-state index >= 15 is 0 Å². The molecule has 2 rings (SSSR count). The summed E-state index contributed by atoms with van der Waals surface area (Å²) >= 11 is 0. The van der Waals surface area contributed by atoms with Crippen molar-refractivity contribution in [2.24, 2.45) is 0 Å². The van der Waals surface area contributed by atoms with Crippen LogP contribution in [-0.4, -0.2) is 30.6 Å². The highest BCUT2D eigenvalue weighted by molar-refractivity contribution is 5.76. The number of hydrogen-bond donors (Lipinski definition) is 2. The Bertz CT molecular complexity index is 449. The van der Waals surface area contributed by atoms with E-state index in [0.717, 1.165) is 5.82 Å². The van der Waals surface area contributed by atoms with Gasteiger partial charge in [0, 0.05) is 18.8 Å². The summed E-state index contributed by atoms with van der Waals surface area (Å²) in [6, 6.07) is -0.117. The fraction of sp³-hybridized carbons (Fsp3) is 0.400. The Balaban J connectivity index is 1.77. The zero-order valence-corrected chi connectivity index (χ0v) is 9.50. The molecule has 0 aromatic carbocycles. The number of aromatic amines is 1. The largest absolute Gasteiger partial charge is 0.347 e. The van der Waals surface area contributed by atoms with Crippen molar-refractivity contribution in [3.8, 4) is 0 Å². The van der Waals surface area contributed by atoms with Crippen LogP contribution >= 0.6 is 0 Å². The Morgan fingerprint density at radius 3 is 3.18 bits per heavy atom. The van der Waals surface area contributed by atoms with Crippen molar-refractivity contribution < 1.29 is 4.79 Å². The summed E-state index contributed by atoms with van der Waals surface area (Å²) in [5.41, 5.74) is 0. The molecule has 0 saturated carbocycles. The number of hydrogen-bond acceptors (Lipinski definition) is 4. The normalized spacial score (nSPS) is 12.3. The number of carbonyl (C=O) groups is 1. The van der Waals surface area contributed by atoms with Gasteiger partial charge in [-0.2, -0.15) is 5.10 Å². The highest BCUT2D eigenvalue weighted by Crippen LogP contribution is 2.05. The second-order valence-electron chi connectivity index (χ2n) is 3.67. The number of nitrogens with zero attached hydrogens (tertiary/aromatic N) is 4. The van der Waals surface area contributed by atoms with E-state index in [1.54, 1.807) is 23.4 Å². The van der Waals surface area contributed by atoms with Crippen molar-refractivity contribution in [3.63, 3.8) is 0 Å². The molecule has 0 aliphatic rings. The van der Waals surface area contributed by atoms with E-state index in [4.69, 9.17) is 0 Å². The number of rotatable bonds is 5. The summed E-state index contributed by atoms with van der Waals surface area (Å²) < 4.78 is 1.62. The molecule has 0 fully saturated rings. The number of nitrogens with one attached hydrogen (secondary N) is 2. The van der Waals surface area contributed by atoms with Crippen molar-refractivity contribution >= 4 is 5.91 Å². The van der Waals surface area contributed by atoms with E-state index in [1.807, 2.05) is 6.92 Å². The molecule has 0 bridgehead atoms. The Hall–Kier alpha value is -2.18. The summed E-state index contributed by atoms with van der Waals surface area (Å²) in [4.78, 5) is 22.5. The molecule has 2 heterocycles. The Morgan fingerprint density at radius 2 is 2.53 bits per heavy atom. The van der Waals surface area contributed by atoms with Gasteiger partial charge in [0.05, 0.1) is 12.6 Å². The number of aryl methyl sites for hydroxylation is 1. The van der Waals surface area contributed by atoms with Crippen molar-refractivity contribution in [1.29, 1.82) is 0 Å². The molecule has 1 atom stereocenters. The molecular weight excluding hydrogens is 220 g/mol. The highest BCUT2D eigenvalue weighted by Gasteiger charge is 2.11.